The van der Waals surface area contributed by atoms with Crippen molar-refractivity contribution in [2.24, 2.45) is 7.05 Å². The summed E-state index contributed by atoms with van der Waals surface area (Å²) in [5.41, 5.74) is -0.457. The quantitative estimate of drug-likeness (QED) is 0.290. The van der Waals surface area contributed by atoms with Gasteiger partial charge in [0.25, 0.3) is 17.4 Å². The van der Waals surface area contributed by atoms with Crippen molar-refractivity contribution in [3.05, 3.63) is 68.1 Å². The Morgan fingerprint density at radius 3 is 2.71 bits per heavy atom. The van der Waals surface area contributed by atoms with Crippen molar-refractivity contribution in [3.8, 4) is 5.75 Å². The number of carbonyl (C=O) groups excluding carboxylic acids is 3. The topological polar surface area (TPSA) is 155 Å². The molecule has 41 heavy (non-hydrogen) atoms. The van der Waals surface area contributed by atoms with Gasteiger partial charge in [-0.25, -0.2) is 9.78 Å². The summed E-state index contributed by atoms with van der Waals surface area (Å²) in [6.07, 6.45) is 1.39. The number of ether oxygens (including phenoxy) is 3. The van der Waals surface area contributed by atoms with Gasteiger partial charge in [0.05, 0.1) is 22.8 Å². The highest BCUT2D eigenvalue weighted by Gasteiger charge is 2.32. The Labute approximate surface area is 244 Å². The molecule has 0 spiro atoms. The number of aromatic nitrogens is 3. The normalized spacial score (nSPS) is 15.6. The van der Waals surface area contributed by atoms with Gasteiger partial charge in [0.15, 0.2) is 5.69 Å². The second-order valence-electron chi connectivity index (χ2n) is 9.08. The lowest BCUT2D eigenvalue weighted by atomic mass is 9.96. The molecule has 0 bridgehead atoms. The summed E-state index contributed by atoms with van der Waals surface area (Å²) in [7, 11) is 1.48. The van der Waals surface area contributed by atoms with E-state index in [1.54, 1.807) is 24.0 Å². The van der Waals surface area contributed by atoms with E-state index in [0.29, 0.717) is 30.0 Å². The molecule has 2 amide bonds. The van der Waals surface area contributed by atoms with Crippen molar-refractivity contribution < 1.29 is 33.1 Å². The minimum absolute atomic E-state index is 0.0714. The molecule has 1 aliphatic heterocycles. The predicted octanol–water partition coefficient (Wildman–Crippen LogP) is 4.25. The fourth-order valence-corrected chi connectivity index (χ4v) is 4.64. The summed E-state index contributed by atoms with van der Waals surface area (Å²) in [5.74, 6) is -1.61. The van der Waals surface area contributed by atoms with Gasteiger partial charge in [-0.05, 0) is 38.0 Å². The SMILES string of the molecule is CCOC(=O)OC(C)Oc1c(C(=O)Nc2cnoc2)nc(C2CCCN(C(=O)c3ccc(Cl)c(Cl)c3)C2)n(C)c1=O. The highest BCUT2D eigenvalue weighted by molar-refractivity contribution is 6.42. The van der Waals surface area contributed by atoms with Gasteiger partial charge in [-0.1, -0.05) is 28.4 Å². The van der Waals surface area contributed by atoms with Crippen LogP contribution < -0.4 is 15.6 Å². The zero-order valence-corrected chi connectivity index (χ0v) is 23.9. The van der Waals surface area contributed by atoms with E-state index in [1.807, 2.05) is 0 Å². The first-order valence-corrected chi connectivity index (χ1v) is 13.4. The Morgan fingerprint density at radius 1 is 1.24 bits per heavy atom. The number of nitrogens with zero attached hydrogens (tertiary/aromatic N) is 4. The highest BCUT2D eigenvalue weighted by Crippen LogP contribution is 2.29. The van der Waals surface area contributed by atoms with Crippen molar-refractivity contribution in [1.29, 1.82) is 0 Å². The maximum Gasteiger partial charge on any atom is 0.511 e. The number of carbonyl (C=O) groups is 3. The third-order valence-electron chi connectivity index (χ3n) is 6.24. The molecule has 3 heterocycles. The minimum Gasteiger partial charge on any atom is -0.447 e. The van der Waals surface area contributed by atoms with Crippen molar-refractivity contribution in [2.75, 3.05) is 25.0 Å². The molecule has 1 saturated heterocycles. The molecule has 2 aromatic heterocycles. The molecular formula is C26H27Cl2N5O8. The molecule has 4 rings (SSSR count). The van der Waals surface area contributed by atoms with E-state index in [1.165, 1.54) is 37.1 Å². The number of amides is 2. The monoisotopic (exact) mass is 607 g/mol. The standard InChI is InChI=1S/C26H27Cl2N5O8/c1-4-38-26(37)41-14(2)40-21-20(23(34)30-17-11-29-39-13-17)31-22(32(3)25(21)36)16-6-5-9-33(12-16)24(35)15-7-8-18(27)19(28)10-15/h7-8,10-11,13-14,16H,4-6,9,12H2,1-3H3,(H,30,34). The number of rotatable bonds is 8. The first kappa shape index (κ1) is 29.9. The maximum atomic E-state index is 13.5. The molecule has 2 unspecified atom stereocenters. The molecule has 0 radical (unpaired) electrons. The molecule has 1 aromatic carbocycles. The van der Waals surface area contributed by atoms with E-state index < -0.39 is 35.6 Å². The van der Waals surface area contributed by atoms with Crippen LogP contribution in [0.15, 0.2) is 40.0 Å². The van der Waals surface area contributed by atoms with Crippen LogP contribution >= 0.6 is 23.2 Å². The molecule has 3 aromatic rings. The summed E-state index contributed by atoms with van der Waals surface area (Å²) < 4.78 is 21.3. The van der Waals surface area contributed by atoms with E-state index in [-0.39, 0.29) is 41.3 Å². The number of nitrogens with one attached hydrogen (secondary N) is 1. The summed E-state index contributed by atoms with van der Waals surface area (Å²) in [4.78, 5) is 57.9. The van der Waals surface area contributed by atoms with Crippen molar-refractivity contribution >= 4 is 46.9 Å². The average Bonchev–Trinajstić information content (AvgIpc) is 3.45. The number of anilines is 1. The molecule has 218 valence electrons. The largest absolute Gasteiger partial charge is 0.511 e. The lowest BCUT2D eigenvalue weighted by molar-refractivity contribution is -0.0530. The van der Waals surface area contributed by atoms with Gasteiger partial charge in [-0.2, -0.15) is 0 Å². The Morgan fingerprint density at radius 2 is 2.02 bits per heavy atom. The fourth-order valence-electron chi connectivity index (χ4n) is 4.34. The van der Waals surface area contributed by atoms with E-state index in [4.69, 9.17) is 41.9 Å². The van der Waals surface area contributed by atoms with Crippen LogP contribution in [0, 0.1) is 0 Å². The van der Waals surface area contributed by atoms with Crippen LogP contribution in [0.4, 0.5) is 10.5 Å². The number of hydrogen-bond acceptors (Lipinski definition) is 10. The number of likely N-dealkylation sites (tertiary alicyclic amines) is 1. The Hall–Kier alpha value is -4.10. The molecule has 15 heteroatoms. The first-order valence-electron chi connectivity index (χ1n) is 12.6. The molecule has 13 nitrogen and oxygen atoms in total. The Bertz CT molecular complexity index is 1490. The third kappa shape index (κ3) is 6.98. The first-order chi connectivity index (χ1) is 19.6. The summed E-state index contributed by atoms with van der Waals surface area (Å²) >= 11 is 12.1. The van der Waals surface area contributed by atoms with Crippen LogP contribution in [0.25, 0.3) is 0 Å². The molecule has 1 aliphatic rings. The second-order valence-corrected chi connectivity index (χ2v) is 9.90. The van der Waals surface area contributed by atoms with E-state index >= 15 is 0 Å². The van der Waals surface area contributed by atoms with E-state index in [9.17, 15) is 19.2 Å². The van der Waals surface area contributed by atoms with E-state index in [2.05, 4.69) is 15.5 Å². The van der Waals surface area contributed by atoms with Gasteiger partial charge in [0, 0.05) is 38.5 Å². The van der Waals surface area contributed by atoms with Crippen LogP contribution in [0.1, 0.15) is 59.3 Å². The maximum absolute atomic E-state index is 13.5. The summed E-state index contributed by atoms with van der Waals surface area (Å²) in [5, 5.41) is 6.68. The minimum atomic E-state index is -1.29. The third-order valence-corrected chi connectivity index (χ3v) is 6.98. The number of piperidine rings is 1. The van der Waals surface area contributed by atoms with E-state index in [0.717, 1.165) is 0 Å². The van der Waals surface area contributed by atoms with Crippen LogP contribution in [-0.4, -0.2) is 63.6 Å². The van der Waals surface area contributed by atoms with Crippen LogP contribution in [0.3, 0.4) is 0 Å². The Kier molecular flexibility index (Phi) is 9.50. The van der Waals surface area contributed by atoms with Gasteiger partial charge in [-0.15, -0.1) is 0 Å². The molecule has 0 saturated carbocycles. The predicted molar refractivity (Wildman–Crippen MR) is 146 cm³/mol. The lowest BCUT2D eigenvalue weighted by Crippen LogP contribution is -2.41. The van der Waals surface area contributed by atoms with Crippen LogP contribution in [0.5, 0.6) is 5.75 Å². The van der Waals surface area contributed by atoms with Crippen molar-refractivity contribution in [3.63, 3.8) is 0 Å². The highest BCUT2D eigenvalue weighted by atomic mass is 35.5. The molecule has 0 aliphatic carbocycles. The zero-order chi connectivity index (χ0) is 29.7. The zero-order valence-electron chi connectivity index (χ0n) is 22.4. The van der Waals surface area contributed by atoms with Gasteiger partial charge in [0.2, 0.25) is 12.0 Å². The van der Waals surface area contributed by atoms with Crippen molar-refractivity contribution in [1.82, 2.24) is 19.6 Å². The molecule has 2 atom stereocenters. The second kappa shape index (κ2) is 13.0. The number of hydrogen-bond donors (Lipinski definition) is 1. The smallest absolute Gasteiger partial charge is 0.447 e. The van der Waals surface area contributed by atoms with Crippen molar-refractivity contribution in [2.45, 2.75) is 38.9 Å². The number of halogens is 2. The average molecular weight is 608 g/mol. The summed E-state index contributed by atoms with van der Waals surface area (Å²) in [6.45, 7) is 3.74. The van der Waals surface area contributed by atoms with Crippen LogP contribution in [-0.2, 0) is 16.5 Å². The molecule has 1 fully saturated rings. The van der Waals surface area contributed by atoms with Gasteiger partial charge < -0.3 is 29.0 Å². The molecule has 1 N–H and O–H groups in total. The van der Waals surface area contributed by atoms with Gasteiger partial charge in [0.1, 0.15) is 17.8 Å². The Balaban J connectivity index is 1.66. The molecular weight excluding hydrogens is 581 g/mol. The number of benzene rings is 1. The lowest BCUT2D eigenvalue weighted by Gasteiger charge is -2.33. The fraction of sp³-hybridized carbons (Fsp3) is 0.385. The summed E-state index contributed by atoms with van der Waals surface area (Å²) in [6, 6.07) is 4.64. The van der Waals surface area contributed by atoms with Gasteiger partial charge >= 0.3 is 6.16 Å². The van der Waals surface area contributed by atoms with Crippen LogP contribution in [0.2, 0.25) is 10.0 Å². The van der Waals surface area contributed by atoms with Gasteiger partial charge in [-0.3, -0.25) is 19.0 Å².